The van der Waals surface area contributed by atoms with E-state index in [9.17, 15) is 14.7 Å². The van der Waals surface area contributed by atoms with E-state index in [2.05, 4.69) is 5.32 Å². The van der Waals surface area contributed by atoms with Gasteiger partial charge in [0.2, 0.25) is 0 Å². The molecule has 0 aliphatic heterocycles. The van der Waals surface area contributed by atoms with Crippen LogP contribution in [-0.4, -0.2) is 29.7 Å². The highest BCUT2D eigenvalue weighted by Gasteiger charge is 2.51. The second-order valence-electron chi connectivity index (χ2n) is 5.71. The molecule has 5 heteroatoms. The number of methoxy groups -OCH3 is 1. The molecular weight excluding hydrogens is 270 g/mol. The van der Waals surface area contributed by atoms with E-state index in [1.54, 1.807) is 31.2 Å². The van der Waals surface area contributed by atoms with E-state index < -0.39 is 17.0 Å². The Morgan fingerprint density at radius 3 is 2.29 bits per heavy atom. The first-order chi connectivity index (χ1) is 9.88. The number of carbonyl (C=O) groups is 2. The highest BCUT2D eigenvalue weighted by molar-refractivity contribution is 5.97. The van der Waals surface area contributed by atoms with E-state index in [-0.39, 0.29) is 5.91 Å². The minimum Gasteiger partial charge on any atom is -0.481 e. The van der Waals surface area contributed by atoms with E-state index in [1.807, 2.05) is 6.92 Å². The van der Waals surface area contributed by atoms with Gasteiger partial charge in [-0.1, -0.05) is 19.1 Å². The van der Waals surface area contributed by atoms with E-state index >= 15 is 0 Å². The number of ether oxygens (including phenoxy) is 1. The maximum atomic E-state index is 12.2. The Morgan fingerprint density at radius 1 is 1.33 bits per heavy atom. The molecule has 0 radical (unpaired) electrons. The van der Waals surface area contributed by atoms with Crippen molar-refractivity contribution in [1.82, 2.24) is 0 Å². The summed E-state index contributed by atoms with van der Waals surface area (Å²) in [5.74, 6) is -0.989. The monoisotopic (exact) mass is 291 g/mol. The maximum Gasteiger partial charge on any atom is 0.314 e. The predicted molar refractivity (Wildman–Crippen MR) is 79.3 cm³/mol. The number of benzene rings is 1. The number of anilines is 1. The number of amides is 1. The summed E-state index contributed by atoms with van der Waals surface area (Å²) in [5.41, 5.74) is -0.149. The molecule has 21 heavy (non-hydrogen) atoms. The number of carboxylic acid groups (broad SMARTS) is 1. The van der Waals surface area contributed by atoms with Crippen LogP contribution >= 0.6 is 0 Å². The lowest BCUT2D eigenvalue weighted by molar-refractivity contribution is -0.140. The fourth-order valence-corrected chi connectivity index (χ4v) is 2.28. The van der Waals surface area contributed by atoms with Gasteiger partial charge in [-0.2, -0.15) is 0 Å². The van der Waals surface area contributed by atoms with E-state index in [1.165, 1.54) is 7.11 Å². The smallest absolute Gasteiger partial charge is 0.314 e. The Bertz CT molecular complexity index is 542. The van der Waals surface area contributed by atoms with Crippen molar-refractivity contribution in [2.45, 2.75) is 44.1 Å². The van der Waals surface area contributed by atoms with Gasteiger partial charge in [-0.05, 0) is 43.9 Å². The van der Waals surface area contributed by atoms with Gasteiger partial charge in [0.25, 0.3) is 5.91 Å². The predicted octanol–water partition coefficient (Wildman–Crippen LogP) is 2.56. The van der Waals surface area contributed by atoms with Crippen molar-refractivity contribution in [2.24, 2.45) is 0 Å². The Labute approximate surface area is 124 Å². The average Bonchev–Trinajstić information content (AvgIpc) is 3.29. The lowest BCUT2D eigenvalue weighted by Crippen LogP contribution is -2.41. The molecule has 1 saturated carbocycles. The average molecular weight is 291 g/mol. The van der Waals surface area contributed by atoms with Crippen LogP contribution < -0.4 is 5.32 Å². The quantitative estimate of drug-likeness (QED) is 0.844. The lowest BCUT2D eigenvalue weighted by atomic mass is 9.96. The molecule has 0 saturated heterocycles. The van der Waals surface area contributed by atoms with Gasteiger partial charge in [-0.15, -0.1) is 0 Å². The van der Waals surface area contributed by atoms with Crippen molar-refractivity contribution in [3.8, 4) is 0 Å². The van der Waals surface area contributed by atoms with Crippen LogP contribution in [0.5, 0.6) is 0 Å². The molecule has 0 spiro atoms. The molecule has 0 aromatic heterocycles. The lowest BCUT2D eigenvalue weighted by Gasteiger charge is -2.25. The van der Waals surface area contributed by atoms with Crippen LogP contribution in [-0.2, 0) is 19.7 Å². The third kappa shape index (κ3) is 2.78. The fraction of sp³-hybridized carbons (Fsp3) is 0.500. The normalized spacial score (nSPS) is 18.6. The van der Waals surface area contributed by atoms with Gasteiger partial charge in [0.05, 0.1) is 5.41 Å². The summed E-state index contributed by atoms with van der Waals surface area (Å²) in [6.45, 7) is 3.62. The summed E-state index contributed by atoms with van der Waals surface area (Å²) in [4.78, 5) is 23.4. The van der Waals surface area contributed by atoms with E-state index in [0.29, 0.717) is 24.9 Å². The molecule has 1 amide bonds. The fourth-order valence-electron chi connectivity index (χ4n) is 2.28. The topological polar surface area (TPSA) is 75.6 Å². The Morgan fingerprint density at radius 2 is 1.90 bits per heavy atom. The van der Waals surface area contributed by atoms with Crippen molar-refractivity contribution in [3.63, 3.8) is 0 Å². The molecule has 1 aliphatic carbocycles. The zero-order chi connectivity index (χ0) is 15.7. The van der Waals surface area contributed by atoms with Crippen LogP contribution in [0.15, 0.2) is 24.3 Å². The number of rotatable bonds is 6. The van der Waals surface area contributed by atoms with Gasteiger partial charge in [0, 0.05) is 12.8 Å². The Hall–Kier alpha value is -1.88. The first kappa shape index (κ1) is 15.5. The highest BCUT2D eigenvalue weighted by atomic mass is 16.5. The molecule has 1 fully saturated rings. The minimum absolute atomic E-state index is 0.209. The Balaban J connectivity index is 2.10. The van der Waals surface area contributed by atoms with Gasteiger partial charge in [0.1, 0.15) is 5.60 Å². The molecule has 1 atom stereocenters. The number of hydrogen-bond acceptors (Lipinski definition) is 3. The maximum absolute atomic E-state index is 12.2. The Kier molecular flexibility index (Phi) is 4.05. The SMILES string of the molecule is CCC(C)(OC)C(=O)Nc1ccc(C2(C(=O)O)CC2)cc1. The zero-order valence-corrected chi connectivity index (χ0v) is 12.6. The summed E-state index contributed by atoms with van der Waals surface area (Å²) in [6.07, 6.45) is 1.91. The number of carboxylic acids is 1. The molecule has 1 unspecified atom stereocenters. The standard InChI is InChI=1S/C16H21NO4/c1-4-15(2,21-3)13(18)17-12-7-5-11(6-8-12)16(9-10-16)14(19)20/h5-8H,4,9-10H2,1-3H3,(H,17,18)(H,19,20). The van der Waals surface area contributed by atoms with Crippen molar-refractivity contribution < 1.29 is 19.4 Å². The molecule has 0 bridgehead atoms. The van der Waals surface area contributed by atoms with Crippen LogP contribution in [0.1, 0.15) is 38.7 Å². The molecule has 1 aromatic rings. The minimum atomic E-state index is -0.864. The van der Waals surface area contributed by atoms with E-state index in [0.717, 1.165) is 5.56 Å². The highest BCUT2D eigenvalue weighted by Crippen LogP contribution is 2.48. The van der Waals surface area contributed by atoms with Crippen LogP contribution in [0.3, 0.4) is 0 Å². The first-order valence-electron chi connectivity index (χ1n) is 7.08. The van der Waals surface area contributed by atoms with Crippen LogP contribution in [0, 0.1) is 0 Å². The molecule has 2 rings (SSSR count). The van der Waals surface area contributed by atoms with Gasteiger partial charge in [0.15, 0.2) is 0 Å². The summed E-state index contributed by atoms with van der Waals surface area (Å²) in [5, 5.41) is 12.1. The largest absolute Gasteiger partial charge is 0.481 e. The summed E-state index contributed by atoms with van der Waals surface area (Å²) in [7, 11) is 1.51. The van der Waals surface area contributed by atoms with Crippen molar-refractivity contribution in [3.05, 3.63) is 29.8 Å². The second kappa shape index (κ2) is 5.48. The molecule has 1 aromatic carbocycles. The van der Waals surface area contributed by atoms with Crippen molar-refractivity contribution in [1.29, 1.82) is 0 Å². The molecule has 114 valence electrons. The van der Waals surface area contributed by atoms with Crippen molar-refractivity contribution >= 4 is 17.6 Å². The molecule has 2 N–H and O–H groups in total. The second-order valence-corrected chi connectivity index (χ2v) is 5.71. The van der Waals surface area contributed by atoms with Crippen molar-refractivity contribution in [2.75, 3.05) is 12.4 Å². The summed E-state index contributed by atoms with van der Waals surface area (Å²) >= 11 is 0. The van der Waals surface area contributed by atoms with Gasteiger partial charge >= 0.3 is 5.97 Å². The van der Waals surface area contributed by atoms with Gasteiger partial charge in [-0.25, -0.2) is 0 Å². The molecule has 1 aliphatic rings. The third-order valence-corrected chi connectivity index (χ3v) is 4.46. The van der Waals surface area contributed by atoms with Gasteiger partial charge in [-0.3, -0.25) is 9.59 Å². The summed E-state index contributed by atoms with van der Waals surface area (Å²) in [6, 6.07) is 7.02. The summed E-state index contributed by atoms with van der Waals surface area (Å²) < 4.78 is 5.25. The van der Waals surface area contributed by atoms with E-state index in [4.69, 9.17) is 4.74 Å². The number of aliphatic carboxylic acids is 1. The molecular formula is C16H21NO4. The van der Waals surface area contributed by atoms with Crippen LogP contribution in [0.25, 0.3) is 0 Å². The van der Waals surface area contributed by atoms with Gasteiger partial charge < -0.3 is 15.2 Å². The zero-order valence-electron chi connectivity index (χ0n) is 12.6. The third-order valence-electron chi connectivity index (χ3n) is 4.46. The number of carbonyl (C=O) groups excluding carboxylic acids is 1. The number of nitrogens with one attached hydrogen (secondary N) is 1. The molecule has 5 nitrogen and oxygen atoms in total. The van der Waals surface area contributed by atoms with Crippen LogP contribution in [0.4, 0.5) is 5.69 Å². The number of hydrogen-bond donors (Lipinski definition) is 2. The first-order valence-corrected chi connectivity index (χ1v) is 7.08. The molecule has 0 heterocycles. The van der Waals surface area contributed by atoms with Crippen LogP contribution in [0.2, 0.25) is 0 Å².